The van der Waals surface area contributed by atoms with Crippen LogP contribution in [0.4, 0.5) is 10.5 Å². The Kier molecular flexibility index (Phi) is 31.9. The number of hydrogen-bond donors (Lipinski definition) is 6. The molecule has 6 N–H and O–H groups in total. The Morgan fingerprint density at radius 2 is 1.30 bits per heavy atom. The van der Waals surface area contributed by atoms with Crippen molar-refractivity contribution in [2.45, 2.75) is 186 Å². The number of methoxy groups -OCH3 is 2. The summed E-state index contributed by atoms with van der Waals surface area (Å²) in [5.74, 6) is -5.68. The predicted molar refractivity (Wildman–Crippen MR) is 359 cm³/mol. The highest BCUT2D eigenvalue weighted by Crippen LogP contribution is 2.31. The highest BCUT2D eigenvalue weighted by atomic mass is 32.2. The van der Waals surface area contributed by atoms with Gasteiger partial charge in [0.25, 0.3) is 5.91 Å². The number of piperidine rings is 1. The first-order chi connectivity index (χ1) is 45.6. The highest BCUT2D eigenvalue weighted by molar-refractivity contribution is 7.90. The van der Waals surface area contributed by atoms with Crippen molar-refractivity contribution >= 4 is 75.0 Å². The Labute approximate surface area is 566 Å². The predicted octanol–water partition coefficient (Wildman–Crippen LogP) is 3.92. The molecule has 28 heteroatoms. The molecule has 10 atom stereocenters. The molecule has 2 aromatic carbocycles. The zero-order chi connectivity index (χ0) is 71.0. The fourth-order valence-electron chi connectivity index (χ4n) is 12.3. The van der Waals surface area contributed by atoms with E-state index in [1.165, 1.54) is 31.1 Å². The van der Waals surface area contributed by atoms with Crippen LogP contribution in [0.2, 0.25) is 0 Å². The van der Waals surface area contributed by atoms with Gasteiger partial charge in [-0.1, -0.05) is 97.4 Å². The van der Waals surface area contributed by atoms with E-state index < -0.39 is 123 Å². The first kappa shape index (κ1) is 79.4. The van der Waals surface area contributed by atoms with Gasteiger partial charge in [-0.2, -0.15) is 0 Å². The minimum absolute atomic E-state index is 0.000719. The lowest BCUT2D eigenvalue weighted by molar-refractivity contribution is -0.148. The van der Waals surface area contributed by atoms with Crippen LogP contribution in [0, 0.1) is 29.6 Å². The molecule has 0 spiro atoms. The van der Waals surface area contributed by atoms with E-state index in [1.807, 2.05) is 13.8 Å². The van der Waals surface area contributed by atoms with Crippen LogP contribution >= 0.6 is 0 Å². The van der Waals surface area contributed by atoms with Crippen LogP contribution in [0.25, 0.3) is 0 Å². The number of carbonyl (C=O) groups excluding carboxylic acids is 10. The number of hydrogen-bond acceptors (Lipinski definition) is 17. The summed E-state index contributed by atoms with van der Waals surface area (Å²) in [6.45, 7) is 16.2. The second-order valence-corrected chi connectivity index (χ2v) is 28.1. The number of benzene rings is 2. The monoisotopic (exact) mass is 1370 g/mol. The van der Waals surface area contributed by atoms with E-state index in [4.69, 9.17) is 23.7 Å². The Hall–Kier alpha value is -7.27. The fourth-order valence-corrected chi connectivity index (χ4v) is 13.7. The third-order valence-electron chi connectivity index (χ3n) is 18.3. The van der Waals surface area contributed by atoms with Crippen molar-refractivity contribution in [3.8, 4) is 0 Å². The van der Waals surface area contributed by atoms with Gasteiger partial charge in [0.2, 0.25) is 57.3 Å². The summed E-state index contributed by atoms with van der Waals surface area (Å²) in [6.07, 6.45) is 1.49. The number of likely N-dealkylation sites (tertiary alicyclic amines) is 2. The van der Waals surface area contributed by atoms with Crippen molar-refractivity contribution in [2.24, 2.45) is 29.6 Å². The third-order valence-corrected chi connectivity index (χ3v) is 20.2. The first-order valence-corrected chi connectivity index (χ1v) is 35.2. The van der Waals surface area contributed by atoms with Gasteiger partial charge in [-0.05, 0) is 86.5 Å². The molecule has 3 aliphatic rings. The number of nitrogens with one attached hydrogen (secondary N) is 6. The number of likely N-dealkylation sites (N-methyl/N-ethyl adjacent to an activating group) is 2. The van der Waals surface area contributed by atoms with Gasteiger partial charge in [-0.3, -0.25) is 52.8 Å². The minimum atomic E-state index is -3.92. The summed E-state index contributed by atoms with van der Waals surface area (Å²) in [5.41, 5.74) is 1.70. The number of rotatable bonds is 38. The fraction of sp³-hybridized carbons (Fsp3) is 0.676. The van der Waals surface area contributed by atoms with E-state index in [1.54, 1.807) is 120 Å². The summed E-state index contributed by atoms with van der Waals surface area (Å²) in [4.78, 5) is 141. The lowest BCUT2D eigenvalue weighted by Crippen LogP contribution is -2.60. The Morgan fingerprint density at radius 3 is 1.88 bits per heavy atom. The number of sulfonamides is 1. The second-order valence-electron chi connectivity index (χ2n) is 26.1. The van der Waals surface area contributed by atoms with Crippen molar-refractivity contribution in [3.05, 3.63) is 65.7 Å². The highest BCUT2D eigenvalue weighted by Gasteiger charge is 2.45. The second kappa shape index (κ2) is 38.6. The molecule has 96 heavy (non-hydrogen) atoms. The van der Waals surface area contributed by atoms with Crippen LogP contribution < -0.4 is 31.3 Å². The first-order valence-electron chi connectivity index (χ1n) is 33.6. The quantitative estimate of drug-likeness (QED) is 0.0519. The van der Waals surface area contributed by atoms with Crippen molar-refractivity contribution < 1.29 is 80.0 Å². The molecule has 10 amide bonds. The topological polar surface area (TPSA) is 336 Å². The average molecular weight is 1370 g/mol. The molecule has 2 aromatic rings. The van der Waals surface area contributed by atoms with Gasteiger partial charge in [0.15, 0.2) is 0 Å². The van der Waals surface area contributed by atoms with Crippen LogP contribution in [0.1, 0.15) is 131 Å². The van der Waals surface area contributed by atoms with Crippen molar-refractivity contribution in [1.82, 2.24) is 45.6 Å². The molecule has 0 radical (unpaired) electrons. The Balaban J connectivity index is 1.09. The maximum Gasteiger partial charge on any atom is 0.410 e. The van der Waals surface area contributed by atoms with Crippen molar-refractivity contribution in [2.75, 3.05) is 86.7 Å². The number of anilines is 1. The number of amides is 10. The third kappa shape index (κ3) is 23.5. The van der Waals surface area contributed by atoms with Crippen molar-refractivity contribution in [3.63, 3.8) is 0 Å². The number of nitrogens with zero attached hydrogens (tertiary/aromatic N) is 4. The molecule has 2 aliphatic heterocycles. The lowest BCUT2D eigenvalue weighted by Gasteiger charge is -2.41. The Morgan fingerprint density at radius 1 is 0.667 bits per heavy atom. The maximum atomic E-state index is 14.8. The molecule has 0 unspecified atom stereocenters. The van der Waals surface area contributed by atoms with Crippen LogP contribution in [0.3, 0.4) is 0 Å². The molecular weight excluding hydrogens is 1260 g/mol. The summed E-state index contributed by atoms with van der Waals surface area (Å²) >= 11 is 0. The van der Waals surface area contributed by atoms with Gasteiger partial charge in [-0.15, -0.1) is 0 Å². The van der Waals surface area contributed by atoms with Gasteiger partial charge in [0.05, 0.1) is 74.7 Å². The van der Waals surface area contributed by atoms with Crippen LogP contribution in [-0.4, -0.2) is 222 Å². The maximum absolute atomic E-state index is 14.8. The van der Waals surface area contributed by atoms with E-state index in [2.05, 4.69) is 31.3 Å². The standard InChI is InChI=1S/C68H106N10O17S/c1-14-44(6)60(54(91-12)40-57(81)78-32-18-21-53(78)61(92-13)45(7)62(82)72-52(39-47-19-16-15-17-20-47)65(85)74-96(89,90)51-26-27-51)75(10)67(87)58(42(2)3)73-66(86)59(43(4)5)76(11)68(88)95-41-48-22-24-50(25-23-48)71-63(83)46(8)70-55(79)30-35-93-37-38-94-36-31-56(80)77-33-28-49(29-34-77)64(84)69-9/h15-17,19-20,22-25,42-46,49,51-54,58-61H,14,18,21,26-41H2,1-13H3,(H,69,84)(H,70,79)(H,71,83)(H,72,82)(H,73,86)(H,74,85)/t44-,45+,46-,52-,53-,54+,58-,59-,60-,61+/m0/s1. The molecule has 1 aliphatic carbocycles. The zero-order valence-corrected chi connectivity index (χ0v) is 59.2. The molecule has 2 saturated heterocycles. The minimum Gasteiger partial charge on any atom is -0.445 e. The van der Waals surface area contributed by atoms with E-state index in [9.17, 15) is 56.4 Å². The summed E-state index contributed by atoms with van der Waals surface area (Å²) in [7, 11) is 3.67. The zero-order valence-electron chi connectivity index (χ0n) is 58.4. The molecule has 0 bridgehead atoms. The molecular formula is C68H106N10O17S. The summed E-state index contributed by atoms with van der Waals surface area (Å²) < 4.78 is 56.6. The molecule has 3 fully saturated rings. The molecule has 27 nitrogen and oxygen atoms in total. The smallest absolute Gasteiger partial charge is 0.410 e. The van der Waals surface area contributed by atoms with Gasteiger partial charge >= 0.3 is 6.09 Å². The van der Waals surface area contributed by atoms with E-state index in [0.29, 0.717) is 81.4 Å². The van der Waals surface area contributed by atoms with E-state index in [0.717, 1.165) is 0 Å². The molecule has 536 valence electrons. The van der Waals surface area contributed by atoms with Gasteiger partial charge < -0.3 is 65.0 Å². The normalized spacial score (nSPS) is 17.9. The summed E-state index contributed by atoms with van der Waals surface area (Å²) in [6, 6.07) is 9.96. The number of carbonyl (C=O) groups is 10. The SMILES string of the molecule is CC[C@H](C)[C@@H]([C@@H](CC(=O)N1CCC[C@H]1[C@H](OC)[C@@H](C)C(=O)N[C@@H](Cc1ccccc1)C(=O)NS(=O)(=O)C1CC1)OC)N(C)C(=O)[C@@H](NC(=O)[C@H](C(C)C)N(C)C(=O)OCc1ccc(NC(=O)[C@H](C)NC(=O)CCOCCOCCC(=O)N2CCC(C(=O)NC)CC2)cc1)C(C)C. The molecule has 1 saturated carbocycles. The van der Waals surface area contributed by atoms with Crippen LogP contribution in [0.5, 0.6) is 0 Å². The van der Waals surface area contributed by atoms with Gasteiger partial charge in [0.1, 0.15) is 30.8 Å². The molecule has 2 heterocycles. The van der Waals surface area contributed by atoms with E-state index >= 15 is 0 Å². The van der Waals surface area contributed by atoms with Crippen molar-refractivity contribution in [1.29, 1.82) is 0 Å². The average Bonchev–Trinajstić information content (AvgIpc) is 1.54. The van der Waals surface area contributed by atoms with Crippen LogP contribution in [-0.2, 0) is 89.9 Å². The molecule has 0 aromatic heterocycles. The Bertz CT molecular complexity index is 3020. The van der Waals surface area contributed by atoms with E-state index in [-0.39, 0.29) is 88.3 Å². The molecule has 5 rings (SSSR count). The number of ether oxygens (including phenoxy) is 5. The van der Waals surface area contributed by atoms with Gasteiger partial charge in [-0.25, -0.2) is 13.2 Å². The summed E-state index contributed by atoms with van der Waals surface area (Å²) in [5, 5.41) is 13.1. The lowest BCUT2D eigenvalue weighted by atomic mass is 9.89. The van der Waals surface area contributed by atoms with Gasteiger partial charge in [0, 0.05) is 79.4 Å². The largest absolute Gasteiger partial charge is 0.445 e. The van der Waals surface area contributed by atoms with Crippen LogP contribution in [0.15, 0.2) is 54.6 Å².